The van der Waals surface area contributed by atoms with Crippen LogP contribution in [0.3, 0.4) is 0 Å². The van der Waals surface area contributed by atoms with Gasteiger partial charge in [-0.25, -0.2) is 0 Å². The quantitative estimate of drug-likeness (QED) is 0.919. The molecule has 90 valence electrons. The highest BCUT2D eigenvalue weighted by Gasteiger charge is 2.35. The molecule has 1 fully saturated rings. The van der Waals surface area contributed by atoms with Crippen LogP contribution in [0.15, 0.2) is 10.7 Å². The number of halogens is 1. The number of hydrogen-bond acceptors (Lipinski definition) is 3. The lowest BCUT2D eigenvalue weighted by Gasteiger charge is -2.26. The van der Waals surface area contributed by atoms with Gasteiger partial charge in [-0.2, -0.15) is 5.10 Å². The lowest BCUT2D eigenvalue weighted by atomic mass is 9.96. The highest BCUT2D eigenvalue weighted by atomic mass is 79.9. The van der Waals surface area contributed by atoms with Gasteiger partial charge in [0.05, 0.1) is 35.1 Å². The SMILES string of the molecule is COCCn1ncc(Br)c1C1(C)CCCN1. The highest BCUT2D eigenvalue weighted by molar-refractivity contribution is 9.10. The summed E-state index contributed by atoms with van der Waals surface area (Å²) in [5.74, 6) is 0. The lowest BCUT2D eigenvalue weighted by molar-refractivity contribution is 0.180. The maximum Gasteiger partial charge on any atom is 0.0725 e. The van der Waals surface area contributed by atoms with Crippen LogP contribution in [-0.2, 0) is 16.8 Å². The Bertz CT molecular complexity index is 358. The van der Waals surface area contributed by atoms with Crippen LogP contribution >= 0.6 is 15.9 Å². The Morgan fingerprint density at radius 1 is 1.69 bits per heavy atom. The summed E-state index contributed by atoms with van der Waals surface area (Å²) in [6, 6.07) is 0. The predicted octanol–water partition coefficient (Wildman–Crippen LogP) is 1.89. The molecule has 0 radical (unpaired) electrons. The molecule has 1 saturated heterocycles. The molecule has 0 saturated carbocycles. The van der Waals surface area contributed by atoms with Crippen molar-refractivity contribution in [2.45, 2.75) is 31.8 Å². The Hall–Kier alpha value is -0.390. The Balaban J connectivity index is 2.27. The van der Waals surface area contributed by atoms with Crippen LogP contribution in [0.25, 0.3) is 0 Å². The molecule has 1 aliphatic rings. The number of methoxy groups -OCH3 is 1. The second-order valence-electron chi connectivity index (χ2n) is 4.42. The molecule has 0 aliphatic carbocycles. The zero-order valence-corrected chi connectivity index (χ0v) is 11.4. The van der Waals surface area contributed by atoms with Crippen LogP contribution in [0, 0.1) is 0 Å². The van der Waals surface area contributed by atoms with Crippen molar-refractivity contribution >= 4 is 15.9 Å². The van der Waals surface area contributed by atoms with Crippen molar-refractivity contribution in [1.82, 2.24) is 15.1 Å². The highest BCUT2D eigenvalue weighted by Crippen LogP contribution is 2.34. The van der Waals surface area contributed by atoms with Crippen molar-refractivity contribution < 1.29 is 4.74 Å². The van der Waals surface area contributed by atoms with E-state index in [2.05, 4.69) is 33.3 Å². The molecule has 16 heavy (non-hydrogen) atoms. The zero-order valence-electron chi connectivity index (χ0n) is 9.79. The third-order valence-corrected chi connectivity index (χ3v) is 3.77. The average Bonchev–Trinajstić information content (AvgIpc) is 2.83. The number of nitrogens with zero attached hydrogens (tertiary/aromatic N) is 2. The molecule has 2 heterocycles. The van der Waals surface area contributed by atoms with Crippen molar-refractivity contribution in [2.24, 2.45) is 0 Å². The van der Waals surface area contributed by atoms with Gasteiger partial charge in [-0.15, -0.1) is 0 Å². The van der Waals surface area contributed by atoms with E-state index >= 15 is 0 Å². The molecule has 1 atom stereocenters. The maximum atomic E-state index is 5.11. The van der Waals surface area contributed by atoms with Crippen LogP contribution in [0.5, 0.6) is 0 Å². The number of nitrogens with one attached hydrogen (secondary N) is 1. The van der Waals surface area contributed by atoms with Gasteiger partial charge < -0.3 is 10.1 Å². The summed E-state index contributed by atoms with van der Waals surface area (Å²) in [5.41, 5.74) is 1.28. The molecule has 1 N–H and O–H groups in total. The first-order chi connectivity index (χ1) is 7.67. The van der Waals surface area contributed by atoms with Crippen molar-refractivity contribution in [3.63, 3.8) is 0 Å². The normalized spacial score (nSPS) is 25.2. The maximum absolute atomic E-state index is 5.11. The molecule has 1 unspecified atom stereocenters. The summed E-state index contributed by atoms with van der Waals surface area (Å²) in [5, 5.41) is 7.95. The van der Waals surface area contributed by atoms with Gasteiger partial charge in [0, 0.05) is 7.11 Å². The van der Waals surface area contributed by atoms with Crippen molar-refractivity contribution in [3.8, 4) is 0 Å². The van der Waals surface area contributed by atoms with E-state index in [0.29, 0.717) is 6.61 Å². The molecule has 0 spiro atoms. The van der Waals surface area contributed by atoms with Gasteiger partial charge in [0.25, 0.3) is 0 Å². The lowest BCUT2D eigenvalue weighted by Crippen LogP contribution is -2.36. The van der Waals surface area contributed by atoms with Gasteiger partial charge in [0.2, 0.25) is 0 Å². The molecule has 1 aromatic heterocycles. The fourth-order valence-corrected chi connectivity index (χ4v) is 3.09. The van der Waals surface area contributed by atoms with E-state index in [0.717, 1.165) is 24.0 Å². The minimum Gasteiger partial charge on any atom is -0.383 e. The third kappa shape index (κ3) is 2.17. The van der Waals surface area contributed by atoms with Gasteiger partial charge in [-0.05, 0) is 42.2 Å². The number of rotatable bonds is 4. The first-order valence-corrected chi connectivity index (χ1v) is 6.42. The molecular formula is C11H18BrN3O. The van der Waals surface area contributed by atoms with Crippen LogP contribution in [0.2, 0.25) is 0 Å². The van der Waals surface area contributed by atoms with E-state index in [1.807, 2.05) is 10.9 Å². The summed E-state index contributed by atoms with van der Waals surface area (Å²) in [7, 11) is 1.72. The van der Waals surface area contributed by atoms with Crippen LogP contribution in [-0.4, -0.2) is 30.0 Å². The second kappa shape index (κ2) is 4.85. The van der Waals surface area contributed by atoms with Gasteiger partial charge >= 0.3 is 0 Å². The Labute approximate surface area is 104 Å². The standard InChI is InChI=1S/C11H18BrN3O/c1-11(4-3-5-13-11)10-9(12)8-14-15(10)6-7-16-2/h8,13H,3-7H2,1-2H3. The summed E-state index contributed by atoms with van der Waals surface area (Å²) >= 11 is 3.59. The van der Waals surface area contributed by atoms with E-state index in [4.69, 9.17) is 4.74 Å². The summed E-state index contributed by atoms with van der Waals surface area (Å²) in [6.45, 7) is 4.81. The van der Waals surface area contributed by atoms with E-state index in [9.17, 15) is 0 Å². The molecule has 1 aliphatic heterocycles. The van der Waals surface area contributed by atoms with Gasteiger partial charge in [0.1, 0.15) is 0 Å². The first kappa shape index (κ1) is 12.1. The molecule has 5 heteroatoms. The topological polar surface area (TPSA) is 39.1 Å². The first-order valence-electron chi connectivity index (χ1n) is 5.63. The number of aromatic nitrogens is 2. The largest absolute Gasteiger partial charge is 0.383 e. The number of hydrogen-bond donors (Lipinski definition) is 1. The minimum atomic E-state index is 0.0447. The van der Waals surface area contributed by atoms with E-state index < -0.39 is 0 Å². The van der Waals surface area contributed by atoms with Crippen LogP contribution < -0.4 is 5.32 Å². The number of ether oxygens (including phenoxy) is 1. The average molecular weight is 288 g/mol. The molecule has 1 aromatic rings. The molecule has 2 rings (SSSR count). The van der Waals surface area contributed by atoms with Crippen molar-refractivity contribution in [2.75, 3.05) is 20.3 Å². The van der Waals surface area contributed by atoms with E-state index in [1.54, 1.807) is 7.11 Å². The fraction of sp³-hybridized carbons (Fsp3) is 0.727. The summed E-state index contributed by atoms with van der Waals surface area (Å²) in [6.07, 6.45) is 4.25. The molecule has 0 bridgehead atoms. The van der Waals surface area contributed by atoms with Crippen LogP contribution in [0.4, 0.5) is 0 Å². The predicted molar refractivity (Wildman–Crippen MR) is 66.4 cm³/mol. The Kier molecular flexibility index (Phi) is 3.66. The van der Waals surface area contributed by atoms with Gasteiger partial charge in [-0.1, -0.05) is 0 Å². The van der Waals surface area contributed by atoms with E-state index in [-0.39, 0.29) is 5.54 Å². The van der Waals surface area contributed by atoms with Gasteiger partial charge in [0.15, 0.2) is 0 Å². The summed E-state index contributed by atoms with van der Waals surface area (Å²) < 4.78 is 8.23. The Morgan fingerprint density at radius 3 is 3.12 bits per heavy atom. The minimum absolute atomic E-state index is 0.0447. The second-order valence-corrected chi connectivity index (χ2v) is 5.27. The van der Waals surface area contributed by atoms with E-state index in [1.165, 1.54) is 12.1 Å². The summed E-state index contributed by atoms with van der Waals surface area (Å²) in [4.78, 5) is 0. The molecular weight excluding hydrogens is 270 g/mol. The zero-order chi connectivity index (χ0) is 11.6. The fourth-order valence-electron chi connectivity index (χ4n) is 2.35. The van der Waals surface area contributed by atoms with Gasteiger partial charge in [-0.3, -0.25) is 4.68 Å². The molecule has 0 amide bonds. The molecule has 0 aromatic carbocycles. The third-order valence-electron chi connectivity index (χ3n) is 3.19. The van der Waals surface area contributed by atoms with Crippen molar-refractivity contribution in [3.05, 3.63) is 16.4 Å². The Morgan fingerprint density at radius 2 is 2.50 bits per heavy atom. The molecule has 4 nitrogen and oxygen atoms in total. The monoisotopic (exact) mass is 287 g/mol. The van der Waals surface area contributed by atoms with Crippen LogP contribution in [0.1, 0.15) is 25.5 Å². The van der Waals surface area contributed by atoms with Crippen molar-refractivity contribution in [1.29, 1.82) is 0 Å². The smallest absolute Gasteiger partial charge is 0.0725 e.